The van der Waals surface area contributed by atoms with Crippen LogP contribution in [0.5, 0.6) is 0 Å². The number of carbonyl (C=O) groups excluding carboxylic acids is 2. The van der Waals surface area contributed by atoms with E-state index < -0.39 is 0 Å². The summed E-state index contributed by atoms with van der Waals surface area (Å²) in [5.41, 5.74) is 1.88. The molecule has 5 nitrogen and oxygen atoms in total. The SMILES string of the molecule is CCOC(=O)CCCCCc1[nH]cc[n+]1CC(=O)c1ccc(C)cc1.[Br-]. The van der Waals surface area contributed by atoms with Gasteiger partial charge in [0, 0.05) is 18.4 Å². The fourth-order valence-electron chi connectivity index (χ4n) is 2.72. The minimum Gasteiger partial charge on any atom is -1.00 e. The number of hydrogen-bond donors (Lipinski definition) is 1. The molecule has 6 heteroatoms. The van der Waals surface area contributed by atoms with Gasteiger partial charge < -0.3 is 21.7 Å². The summed E-state index contributed by atoms with van der Waals surface area (Å²) in [6, 6.07) is 7.67. The van der Waals surface area contributed by atoms with E-state index in [2.05, 4.69) is 4.98 Å². The first-order valence-electron chi connectivity index (χ1n) is 8.91. The number of ether oxygens (including phenoxy) is 1. The molecule has 2 rings (SSSR count). The third-order valence-corrected chi connectivity index (χ3v) is 4.14. The highest BCUT2D eigenvalue weighted by Gasteiger charge is 2.15. The smallest absolute Gasteiger partial charge is 0.305 e. The number of unbranched alkanes of at least 4 members (excludes halogenated alkanes) is 2. The molecule has 0 aliphatic rings. The summed E-state index contributed by atoms with van der Waals surface area (Å²) in [7, 11) is 0. The van der Waals surface area contributed by atoms with E-state index in [1.165, 1.54) is 0 Å². The normalized spacial score (nSPS) is 10.2. The number of ketones is 1. The third kappa shape index (κ3) is 7.12. The van der Waals surface area contributed by atoms with Crippen LogP contribution < -0.4 is 21.5 Å². The first kappa shape index (κ1) is 22.1. The summed E-state index contributed by atoms with van der Waals surface area (Å²) in [6.45, 7) is 4.61. The Morgan fingerprint density at radius 3 is 2.54 bits per heavy atom. The molecule has 142 valence electrons. The number of halogens is 1. The van der Waals surface area contributed by atoms with Crippen LogP contribution in [0.2, 0.25) is 0 Å². The monoisotopic (exact) mass is 422 g/mol. The zero-order valence-electron chi connectivity index (χ0n) is 15.5. The molecule has 0 spiro atoms. The number of nitrogens with zero attached hydrogens (tertiary/aromatic N) is 1. The number of hydrogen-bond acceptors (Lipinski definition) is 3. The lowest BCUT2D eigenvalue weighted by Crippen LogP contribution is -3.00. The maximum atomic E-state index is 12.4. The molecule has 2 aromatic rings. The van der Waals surface area contributed by atoms with Crippen molar-refractivity contribution in [1.82, 2.24) is 4.98 Å². The Bertz CT molecular complexity index is 695. The van der Waals surface area contributed by atoms with Gasteiger partial charge in [0.05, 0.1) is 6.61 Å². The number of Topliss-reactive ketones (excluding diaryl/α,β-unsaturated/α-hetero) is 1. The number of aryl methyl sites for hydroxylation is 2. The van der Waals surface area contributed by atoms with Crippen molar-refractivity contribution in [1.29, 1.82) is 0 Å². The topological polar surface area (TPSA) is 63.0 Å². The molecule has 0 amide bonds. The first-order valence-corrected chi connectivity index (χ1v) is 8.91. The van der Waals surface area contributed by atoms with Crippen molar-refractivity contribution in [2.24, 2.45) is 0 Å². The van der Waals surface area contributed by atoms with E-state index in [1.807, 2.05) is 55.1 Å². The van der Waals surface area contributed by atoms with Crippen molar-refractivity contribution in [2.45, 2.75) is 52.5 Å². The molecule has 1 aromatic heterocycles. The number of benzene rings is 1. The predicted octanol–water partition coefficient (Wildman–Crippen LogP) is 0.164. The molecule has 0 aliphatic heterocycles. The Labute approximate surface area is 165 Å². The second-order valence-corrected chi connectivity index (χ2v) is 6.19. The zero-order valence-corrected chi connectivity index (χ0v) is 17.0. The summed E-state index contributed by atoms with van der Waals surface area (Å²) in [5.74, 6) is 1.02. The zero-order chi connectivity index (χ0) is 18.1. The van der Waals surface area contributed by atoms with Crippen LogP contribution in [0, 0.1) is 6.92 Å². The number of imidazole rings is 1. The van der Waals surface area contributed by atoms with E-state index in [9.17, 15) is 9.59 Å². The largest absolute Gasteiger partial charge is 1.00 e. The highest BCUT2D eigenvalue weighted by Crippen LogP contribution is 2.07. The Hall–Kier alpha value is -1.95. The molecule has 1 aromatic carbocycles. The van der Waals surface area contributed by atoms with E-state index in [0.29, 0.717) is 19.6 Å². The van der Waals surface area contributed by atoms with Gasteiger partial charge in [-0.25, -0.2) is 9.55 Å². The molecule has 0 fully saturated rings. The first-order chi connectivity index (χ1) is 12.1. The summed E-state index contributed by atoms with van der Waals surface area (Å²) in [4.78, 5) is 26.9. The van der Waals surface area contributed by atoms with E-state index >= 15 is 0 Å². The Balaban J connectivity index is 0.00000338. The average Bonchev–Trinajstić information content (AvgIpc) is 3.02. The maximum Gasteiger partial charge on any atom is 0.305 e. The second-order valence-electron chi connectivity index (χ2n) is 6.19. The summed E-state index contributed by atoms with van der Waals surface area (Å²) < 4.78 is 6.89. The van der Waals surface area contributed by atoms with E-state index in [1.54, 1.807) is 0 Å². The lowest BCUT2D eigenvalue weighted by Gasteiger charge is -2.03. The van der Waals surface area contributed by atoms with Gasteiger partial charge >= 0.3 is 5.97 Å². The van der Waals surface area contributed by atoms with E-state index in [4.69, 9.17) is 4.74 Å². The molecule has 26 heavy (non-hydrogen) atoms. The molecule has 1 N–H and O–H groups in total. The van der Waals surface area contributed by atoms with Gasteiger partial charge in [0.25, 0.3) is 5.82 Å². The van der Waals surface area contributed by atoms with Gasteiger partial charge in [0.15, 0.2) is 6.54 Å². The van der Waals surface area contributed by atoms with Crippen LogP contribution in [0.1, 0.15) is 54.4 Å². The summed E-state index contributed by atoms with van der Waals surface area (Å²) >= 11 is 0. The fraction of sp³-hybridized carbons (Fsp3) is 0.450. The Morgan fingerprint density at radius 2 is 1.85 bits per heavy atom. The van der Waals surface area contributed by atoms with Crippen LogP contribution in [-0.2, 0) is 22.5 Å². The van der Waals surface area contributed by atoms with Crippen molar-refractivity contribution in [3.05, 3.63) is 53.6 Å². The average molecular weight is 423 g/mol. The van der Waals surface area contributed by atoms with Crippen LogP contribution in [-0.4, -0.2) is 23.3 Å². The number of carbonyl (C=O) groups is 2. The van der Waals surface area contributed by atoms with E-state index in [0.717, 1.165) is 42.6 Å². The molecule has 0 bridgehead atoms. The van der Waals surface area contributed by atoms with Crippen LogP contribution in [0.3, 0.4) is 0 Å². The number of esters is 1. The highest BCUT2D eigenvalue weighted by atomic mass is 79.9. The second kappa shape index (κ2) is 11.6. The van der Waals surface area contributed by atoms with Gasteiger partial charge in [-0.1, -0.05) is 36.2 Å². The molecule has 0 aliphatic carbocycles. The van der Waals surface area contributed by atoms with Gasteiger partial charge in [-0.15, -0.1) is 0 Å². The van der Waals surface area contributed by atoms with Crippen molar-refractivity contribution in [3.63, 3.8) is 0 Å². The third-order valence-electron chi connectivity index (χ3n) is 4.14. The molecule has 0 saturated heterocycles. The maximum absolute atomic E-state index is 12.4. The molecular formula is C20H27BrN2O3. The van der Waals surface area contributed by atoms with Crippen LogP contribution >= 0.6 is 0 Å². The standard InChI is InChI=1S/C20H26N2O3.BrH/c1-3-25-20(24)8-6-4-5-7-19-21-13-14-22(19)15-18(23)17-11-9-16(2)10-12-17;/h9-14H,3-8,15H2,1-2H3;1H. The minimum absolute atomic E-state index is 0. The van der Waals surface area contributed by atoms with Gasteiger partial charge in [-0.2, -0.15) is 0 Å². The minimum atomic E-state index is -0.124. The van der Waals surface area contributed by atoms with Crippen molar-refractivity contribution < 1.29 is 35.9 Å². The van der Waals surface area contributed by atoms with Crippen LogP contribution in [0.4, 0.5) is 0 Å². The number of H-pyrrole nitrogens is 1. The molecule has 0 radical (unpaired) electrons. The molecule has 0 atom stereocenters. The molecule has 0 saturated carbocycles. The fourth-order valence-corrected chi connectivity index (χ4v) is 2.72. The lowest BCUT2D eigenvalue weighted by molar-refractivity contribution is -0.689. The number of rotatable bonds is 10. The number of aromatic amines is 1. The van der Waals surface area contributed by atoms with Gasteiger partial charge in [0.2, 0.25) is 5.78 Å². The highest BCUT2D eigenvalue weighted by molar-refractivity contribution is 5.95. The summed E-state index contributed by atoms with van der Waals surface area (Å²) in [6.07, 6.45) is 7.86. The Morgan fingerprint density at radius 1 is 1.12 bits per heavy atom. The van der Waals surface area contributed by atoms with Crippen molar-refractivity contribution in [2.75, 3.05) is 6.61 Å². The lowest BCUT2D eigenvalue weighted by atomic mass is 10.1. The van der Waals surface area contributed by atoms with Gasteiger partial charge in [-0.05, 0) is 26.7 Å². The molecule has 0 unspecified atom stereocenters. The van der Waals surface area contributed by atoms with Crippen molar-refractivity contribution >= 4 is 11.8 Å². The van der Waals surface area contributed by atoms with E-state index in [-0.39, 0.29) is 28.7 Å². The quantitative estimate of drug-likeness (QED) is 0.257. The number of aromatic nitrogens is 2. The Kier molecular flexibility index (Phi) is 9.88. The predicted molar refractivity (Wildman–Crippen MR) is 95.3 cm³/mol. The van der Waals surface area contributed by atoms with Gasteiger partial charge in [-0.3, -0.25) is 9.59 Å². The number of nitrogens with one attached hydrogen (secondary N) is 1. The van der Waals surface area contributed by atoms with Crippen molar-refractivity contribution in [3.8, 4) is 0 Å². The molecule has 1 heterocycles. The molecular weight excluding hydrogens is 396 g/mol. The van der Waals surface area contributed by atoms with Crippen LogP contribution in [0.25, 0.3) is 0 Å². The van der Waals surface area contributed by atoms with Crippen LogP contribution in [0.15, 0.2) is 36.7 Å². The van der Waals surface area contributed by atoms with Gasteiger partial charge in [0.1, 0.15) is 12.4 Å². The summed E-state index contributed by atoms with van der Waals surface area (Å²) in [5, 5.41) is 0.